The molecule has 0 aromatic carbocycles. The molecule has 1 saturated carbocycles. The summed E-state index contributed by atoms with van der Waals surface area (Å²) < 4.78 is 15.5. The molecule has 0 radical (unpaired) electrons. The summed E-state index contributed by atoms with van der Waals surface area (Å²) in [6.07, 6.45) is 7.02. The van der Waals surface area contributed by atoms with Crippen LogP contribution in [0.4, 0.5) is 0 Å². The maximum atomic E-state index is 6.10. The van der Waals surface area contributed by atoms with Gasteiger partial charge < -0.3 is 13.9 Å². The molecule has 2 fully saturated rings. The van der Waals surface area contributed by atoms with Gasteiger partial charge in [0.1, 0.15) is 0 Å². The van der Waals surface area contributed by atoms with E-state index in [1.54, 1.807) is 0 Å². The molecule has 0 bridgehead atoms. The highest BCUT2D eigenvalue weighted by molar-refractivity contribution is 9.10. The highest BCUT2D eigenvalue weighted by atomic mass is 79.9. The van der Waals surface area contributed by atoms with Gasteiger partial charge >= 0.3 is 7.12 Å². The zero-order valence-electron chi connectivity index (χ0n) is 12.1. The quantitative estimate of drug-likeness (QED) is 0.798. The maximum Gasteiger partial charge on any atom is 0.497 e. The minimum absolute atomic E-state index is 0.278. The van der Waals surface area contributed by atoms with Gasteiger partial charge in [-0.25, -0.2) is 0 Å². The summed E-state index contributed by atoms with van der Waals surface area (Å²) in [5, 5.41) is 0. The number of nitrogens with zero attached hydrogens (tertiary/aromatic N) is 1. The van der Waals surface area contributed by atoms with Gasteiger partial charge in [0, 0.05) is 28.9 Å². The van der Waals surface area contributed by atoms with Crippen molar-refractivity contribution in [1.29, 1.82) is 0 Å². The van der Waals surface area contributed by atoms with Gasteiger partial charge in [-0.3, -0.25) is 0 Å². The summed E-state index contributed by atoms with van der Waals surface area (Å²) in [7, 11) is -0.278. The molecule has 104 valence electrons. The number of aromatic nitrogens is 1. The predicted octanol–water partition coefficient (Wildman–Crippen LogP) is 2.96. The molecule has 0 atom stereocenters. The minimum atomic E-state index is -0.282. The van der Waals surface area contributed by atoms with Crippen LogP contribution >= 0.6 is 15.9 Å². The van der Waals surface area contributed by atoms with Crippen molar-refractivity contribution in [1.82, 2.24) is 4.57 Å². The van der Waals surface area contributed by atoms with Gasteiger partial charge in [-0.15, -0.1) is 0 Å². The van der Waals surface area contributed by atoms with E-state index in [9.17, 15) is 0 Å². The van der Waals surface area contributed by atoms with Gasteiger partial charge in [0.05, 0.1) is 11.2 Å². The summed E-state index contributed by atoms with van der Waals surface area (Å²) in [5.74, 6) is 0.866. The molecule has 19 heavy (non-hydrogen) atoms. The van der Waals surface area contributed by atoms with Crippen LogP contribution in [-0.2, 0) is 15.9 Å². The molecule has 5 heteroatoms. The Kier molecular flexibility index (Phi) is 3.15. The van der Waals surface area contributed by atoms with Crippen LogP contribution in [0, 0.1) is 5.92 Å². The van der Waals surface area contributed by atoms with E-state index in [0.29, 0.717) is 0 Å². The molecular formula is C14H21BBrNO2. The molecular weight excluding hydrogens is 305 g/mol. The lowest BCUT2D eigenvalue weighted by Crippen LogP contribution is -2.41. The first-order valence-electron chi connectivity index (χ1n) is 6.99. The number of halogens is 1. The molecule has 1 aliphatic carbocycles. The Bertz CT molecular complexity index is 478. The van der Waals surface area contributed by atoms with Crippen LogP contribution in [0.25, 0.3) is 0 Å². The lowest BCUT2D eigenvalue weighted by molar-refractivity contribution is 0.00578. The van der Waals surface area contributed by atoms with Crippen molar-refractivity contribution in [3.63, 3.8) is 0 Å². The minimum Gasteiger partial charge on any atom is -0.399 e. The van der Waals surface area contributed by atoms with Crippen molar-refractivity contribution in [3.05, 3.63) is 16.9 Å². The smallest absolute Gasteiger partial charge is 0.399 e. The number of hydrogen-bond donors (Lipinski definition) is 0. The fourth-order valence-corrected chi connectivity index (χ4v) is 2.90. The van der Waals surface area contributed by atoms with Crippen LogP contribution in [0.2, 0.25) is 0 Å². The average Bonchev–Trinajstić information content (AvgIpc) is 2.94. The van der Waals surface area contributed by atoms with Gasteiger partial charge in [0.25, 0.3) is 0 Å². The summed E-state index contributed by atoms with van der Waals surface area (Å²) >= 11 is 3.63. The van der Waals surface area contributed by atoms with E-state index < -0.39 is 0 Å². The second-order valence-electron chi connectivity index (χ2n) is 6.79. The Hall–Kier alpha value is -0.255. The zero-order chi connectivity index (χ0) is 13.8. The van der Waals surface area contributed by atoms with E-state index in [2.05, 4.69) is 60.6 Å². The van der Waals surface area contributed by atoms with Crippen molar-refractivity contribution in [2.24, 2.45) is 5.92 Å². The lowest BCUT2D eigenvalue weighted by Gasteiger charge is -2.32. The van der Waals surface area contributed by atoms with Gasteiger partial charge in [-0.1, -0.05) is 0 Å². The fraction of sp³-hybridized carbons (Fsp3) is 0.714. The largest absolute Gasteiger partial charge is 0.497 e. The summed E-state index contributed by atoms with van der Waals surface area (Å²) in [6, 6.07) is 0. The average molecular weight is 326 g/mol. The van der Waals surface area contributed by atoms with Crippen molar-refractivity contribution in [3.8, 4) is 0 Å². The highest BCUT2D eigenvalue weighted by Gasteiger charge is 2.52. The molecule has 1 aromatic rings. The van der Waals surface area contributed by atoms with E-state index in [1.165, 1.54) is 12.8 Å². The Morgan fingerprint density at radius 3 is 2.32 bits per heavy atom. The van der Waals surface area contributed by atoms with Crippen LogP contribution in [0.5, 0.6) is 0 Å². The predicted molar refractivity (Wildman–Crippen MR) is 80.6 cm³/mol. The van der Waals surface area contributed by atoms with E-state index in [1.807, 2.05) is 0 Å². The second-order valence-corrected chi connectivity index (χ2v) is 7.64. The first kappa shape index (κ1) is 13.7. The molecule has 1 aromatic heterocycles. The zero-order valence-corrected chi connectivity index (χ0v) is 13.7. The third-order valence-corrected chi connectivity index (χ3v) is 5.20. The Balaban J connectivity index is 1.81. The van der Waals surface area contributed by atoms with E-state index in [4.69, 9.17) is 9.31 Å². The van der Waals surface area contributed by atoms with Crippen molar-refractivity contribution >= 4 is 28.5 Å². The standard InChI is InChI=1S/C14H21BBrNO2/c1-13(2)14(3,4)19-15(18-13)11-8-17(9-12(11)16)7-10-5-6-10/h8-10H,5-7H2,1-4H3. The second kappa shape index (κ2) is 4.37. The molecule has 2 aliphatic rings. The molecule has 0 N–H and O–H groups in total. The summed E-state index contributed by atoms with van der Waals surface area (Å²) in [6.45, 7) is 9.45. The van der Waals surface area contributed by atoms with Gasteiger partial charge in [-0.05, 0) is 62.4 Å². The molecule has 2 heterocycles. The SMILES string of the molecule is CC1(C)OB(c2cn(CC3CC3)cc2Br)OC1(C)C. The Morgan fingerprint density at radius 1 is 1.21 bits per heavy atom. The topological polar surface area (TPSA) is 23.4 Å². The maximum absolute atomic E-state index is 6.10. The van der Waals surface area contributed by atoms with Crippen molar-refractivity contribution < 1.29 is 9.31 Å². The van der Waals surface area contributed by atoms with Crippen LogP contribution in [0.3, 0.4) is 0 Å². The number of rotatable bonds is 3. The summed E-state index contributed by atoms with van der Waals surface area (Å²) in [4.78, 5) is 0. The number of hydrogen-bond acceptors (Lipinski definition) is 2. The summed E-state index contributed by atoms with van der Waals surface area (Å²) in [5.41, 5.74) is 0.532. The molecule has 1 saturated heterocycles. The molecule has 0 spiro atoms. The van der Waals surface area contributed by atoms with Gasteiger partial charge in [0.15, 0.2) is 0 Å². The fourth-order valence-electron chi connectivity index (χ4n) is 2.35. The molecule has 3 rings (SSSR count). The van der Waals surface area contributed by atoms with E-state index in [0.717, 1.165) is 22.4 Å². The van der Waals surface area contributed by atoms with E-state index >= 15 is 0 Å². The Morgan fingerprint density at radius 2 is 1.79 bits per heavy atom. The molecule has 0 amide bonds. The van der Waals surface area contributed by atoms with Gasteiger partial charge in [-0.2, -0.15) is 0 Å². The van der Waals surface area contributed by atoms with Gasteiger partial charge in [0.2, 0.25) is 0 Å². The van der Waals surface area contributed by atoms with Crippen LogP contribution < -0.4 is 5.46 Å². The van der Waals surface area contributed by atoms with Crippen LogP contribution in [0.1, 0.15) is 40.5 Å². The normalized spacial score (nSPS) is 25.0. The van der Waals surface area contributed by atoms with Crippen molar-refractivity contribution in [2.75, 3.05) is 0 Å². The van der Waals surface area contributed by atoms with E-state index in [-0.39, 0.29) is 18.3 Å². The first-order valence-corrected chi connectivity index (χ1v) is 7.79. The monoisotopic (exact) mass is 325 g/mol. The third kappa shape index (κ3) is 2.52. The first-order chi connectivity index (χ1) is 8.78. The highest BCUT2D eigenvalue weighted by Crippen LogP contribution is 2.37. The molecule has 0 unspecified atom stereocenters. The van der Waals surface area contributed by atoms with Crippen molar-refractivity contribution in [2.45, 2.75) is 58.3 Å². The Labute approximate surface area is 123 Å². The molecule has 3 nitrogen and oxygen atoms in total. The molecule has 1 aliphatic heterocycles. The van der Waals surface area contributed by atoms with Crippen LogP contribution in [-0.4, -0.2) is 22.9 Å². The lowest BCUT2D eigenvalue weighted by atomic mass is 9.81. The third-order valence-electron chi connectivity index (χ3n) is 4.53. The van der Waals surface area contributed by atoms with Crippen LogP contribution in [0.15, 0.2) is 16.9 Å².